The monoisotopic (exact) mass is 503 g/mol. The molecular weight excluding hydrogens is 454 g/mol. The van der Waals surface area contributed by atoms with Crippen molar-refractivity contribution in [2.45, 2.75) is 130 Å². The van der Waals surface area contributed by atoms with Crippen molar-refractivity contribution in [2.75, 3.05) is 0 Å². The Bertz CT molecular complexity index is 845. The molecule has 1 N–H and O–H groups in total. The summed E-state index contributed by atoms with van der Waals surface area (Å²) in [7, 11) is 0. The molecule has 5 aliphatic rings. The van der Waals surface area contributed by atoms with Gasteiger partial charge in [-0.15, -0.1) is 0 Å². The first kappa shape index (κ1) is 25.8. The zero-order valence-electron chi connectivity index (χ0n) is 23.0. The second kappa shape index (κ2) is 9.17. The maximum absolute atomic E-state index is 11.8. The minimum atomic E-state index is -0.195. The molecule has 0 radical (unpaired) electrons. The Morgan fingerprint density at radius 1 is 1.11 bits per heavy atom. The molecule has 1 saturated heterocycles. The van der Waals surface area contributed by atoms with E-state index in [2.05, 4.69) is 39.9 Å². The van der Waals surface area contributed by atoms with Crippen molar-refractivity contribution in [3.8, 4) is 0 Å². The molecule has 10 atom stereocenters. The topological polar surface area (TPSA) is 47.6 Å². The molecule has 5 rings (SSSR count). The van der Waals surface area contributed by atoms with Crippen LogP contribution in [0.1, 0.15) is 112 Å². The van der Waals surface area contributed by atoms with Gasteiger partial charge >= 0.3 is 5.97 Å². The van der Waals surface area contributed by atoms with Crippen LogP contribution in [0.15, 0.2) is 0 Å². The number of hydrogen-bond donors (Lipinski definition) is 1. The summed E-state index contributed by atoms with van der Waals surface area (Å²) in [5, 5.41) is 4.26. The van der Waals surface area contributed by atoms with E-state index in [0.717, 1.165) is 55.3 Å². The SMILES string of the molecule is CC(=O)OC1CC[C@]2(C)[C@H]3CC[C@]4(C)[C@@H]([C@H](C)CCCC(C)C)CC[C@H]4[C@@H]3C[C@@H]3OC(=S)N[C@@]32C1. The molecular formula is C30H49NO3S. The van der Waals surface area contributed by atoms with Crippen LogP contribution >= 0.6 is 12.2 Å². The van der Waals surface area contributed by atoms with E-state index in [0.29, 0.717) is 16.5 Å². The maximum Gasteiger partial charge on any atom is 0.302 e. The summed E-state index contributed by atoms with van der Waals surface area (Å²) in [6.07, 6.45) is 13.7. The molecule has 1 aliphatic heterocycles. The van der Waals surface area contributed by atoms with Gasteiger partial charge in [0.25, 0.3) is 5.17 Å². The average Bonchev–Trinajstić information content (AvgIpc) is 3.28. The highest BCUT2D eigenvalue weighted by atomic mass is 32.1. The van der Waals surface area contributed by atoms with Gasteiger partial charge in [-0.2, -0.15) is 0 Å². The van der Waals surface area contributed by atoms with E-state index >= 15 is 0 Å². The van der Waals surface area contributed by atoms with Gasteiger partial charge in [0.05, 0.1) is 5.54 Å². The number of carbonyl (C=O) groups is 1. The Labute approximate surface area is 219 Å². The number of fused-ring (bicyclic) bond motifs is 4. The van der Waals surface area contributed by atoms with E-state index in [1.54, 1.807) is 0 Å². The van der Waals surface area contributed by atoms with Crippen LogP contribution in [0.2, 0.25) is 0 Å². The minimum absolute atomic E-state index is 0.0342. The van der Waals surface area contributed by atoms with Crippen LogP contribution in [-0.4, -0.2) is 28.9 Å². The van der Waals surface area contributed by atoms with E-state index < -0.39 is 0 Å². The smallest absolute Gasteiger partial charge is 0.302 e. The van der Waals surface area contributed by atoms with Crippen LogP contribution in [0, 0.1) is 46.3 Å². The van der Waals surface area contributed by atoms with Gasteiger partial charge in [-0.3, -0.25) is 4.79 Å². The third-order valence-electron chi connectivity index (χ3n) is 12.0. The lowest BCUT2D eigenvalue weighted by molar-refractivity contribution is -0.182. The molecule has 4 nitrogen and oxygen atoms in total. The fourth-order valence-electron chi connectivity index (χ4n) is 10.4. The summed E-state index contributed by atoms with van der Waals surface area (Å²) in [5.41, 5.74) is 0.399. The quantitative estimate of drug-likeness (QED) is 0.311. The fraction of sp³-hybridized carbons (Fsp3) is 0.933. The molecule has 1 unspecified atom stereocenters. The van der Waals surface area contributed by atoms with Gasteiger partial charge in [-0.05, 0) is 104 Å². The summed E-state index contributed by atoms with van der Waals surface area (Å²) < 4.78 is 12.2. The molecule has 0 bridgehead atoms. The molecule has 4 aliphatic carbocycles. The van der Waals surface area contributed by atoms with Gasteiger partial charge in [0.1, 0.15) is 12.2 Å². The highest BCUT2D eigenvalue weighted by Crippen LogP contribution is 2.70. The Morgan fingerprint density at radius 3 is 2.60 bits per heavy atom. The van der Waals surface area contributed by atoms with Gasteiger partial charge in [-0.1, -0.05) is 53.9 Å². The fourth-order valence-corrected chi connectivity index (χ4v) is 10.7. The molecule has 0 aromatic rings. The van der Waals surface area contributed by atoms with Gasteiger partial charge < -0.3 is 14.8 Å². The van der Waals surface area contributed by atoms with Crippen LogP contribution in [0.5, 0.6) is 0 Å². The highest BCUT2D eigenvalue weighted by Gasteiger charge is 2.71. The number of ether oxygens (including phenoxy) is 2. The molecule has 5 fully saturated rings. The standard InChI is InChI=1S/C30H49NO3S/c1-18(2)8-7-9-19(3)23-10-11-24-22-16-26-30(31-27(35)34-26)17-21(33-20(4)32)12-15-29(30,6)25(22)13-14-28(23,24)5/h18-19,21-26H,7-17H2,1-6H3,(H,31,35)/t19-,21?,22+,23-,24+,25+,26+,28-,29-,30+/m1/s1. The molecule has 198 valence electrons. The van der Waals surface area contributed by atoms with Crippen LogP contribution in [0.4, 0.5) is 0 Å². The summed E-state index contributed by atoms with van der Waals surface area (Å²) in [4.78, 5) is 11.8. The molecule has 0 aromatic carbocycles. The minimum Gasteiger partial charge on any atom is -0.465 e. The first-order valence-corrected chi connectivity index (χ1v) is 15.1. The number of esters is 1. The molecule has 4 saturated carbocycles. The number of thiocarbonyl (C=S) groups is 1. The lowest BCUT2D eigenvalue weighted by Gasteiger charge is -2.65. The third kappa shape index (κ3) is 4.05. The maximum atomic E-state index is 11.8. The Hall–Kier alpha value is -0.840. The summed E-state index contributed by atoms with van der Waals surface area (Å²) in [5.74, 6) is 4.56. The van der Waals surface area contributed by atoms with Crippen LogP contribution in [-0.2, 0) is 14.3 Å². The molecule has 1 heterocycles. The number of hydrogen-bond acceptors (Lipinski definition) is 4. The predicted molar refractivity (Wildman–Crippen MR) is 144 cm³/mol. The predicted octanol–water partition coefficient (Wildman–Crippen LogP) is 7.05. The van der Waals surface area contributed by atoms with Crippen LogP contribution in [0.3, 0.4) is 0 Å². The van der Waals surface area contributed by atoms with Crippen molar-refractivity contribution in [2.24, 2.45) is 46.3 Å². The second-order valence-corrected chi connectivity index (χ2v) is 14.4. The largest absolute Gasteiger partial charge is 0.465 e. The first-order chi connectivity index (χ1) is 16.5. The van der Waals surface area contributed by atoms with E-state index in [1.807, 2.05) is 0 Å². The molecule has 0 aromatic heterocycles. The lowest BCUT2D eigenvalue weighted by atomic mass is 9.41. The van der Waals surface area contributed by atoms with Crippen LogP contribution < -0.4 is 5.32 Å². The second-order valence-electron chi connectivity index (χ2n) is 14.0. The molecule has 35 heavy (non-hydrogen) atoms. The Kier molecular flexibility index (Phi) is 6.76. The van der Waals surface area contributed by atoms with E-state index in [4.69, 9.17) is 21.7 Å². The molecule has 1 spiro atoms. The molecule has 5 heteroatoms. The molecule has 0 amide bonds. The number of rotatable bonds is 6. The van der Waals surface area contributed by atoms with Gasteiger partial charge in [-0.25, -0.2) is 0 Å². The Balaban J connectivity index is 1.38. The Morgan fingerprint density at radius 2 is 1.89 bits per heavy atom. The van der Waals surface area contributed by atoms with Gasteiger partial charge in [0.2, 0.25) is 0 Å². The van der Waals surface area contributed by atoms with Crippen molar-refractivity contribution in [1.82, 2.24) is 5.32 Å². The number of carbonyl (C=O) groups excluding carboxylic acids is 1. The first-order valence-electron chi connectivity index (χ1n) is 14.7. The highest BCUT2D eigenvalue weighted by molar-refractivity contribution is 7.80. The van der Waals surface area contributed by atoms with Crippen molar-refractivity contribution < 1.29 is 14.3 Å². The van der Waals surface area contributed by atoms with Crippen molar-refractivity contribution >= 4 is 23.4 Å². The van der Waals surface area contributed by atoms with E-state index in [1.165, 1.54) is 51.9 Å². The number of nitrogens with one attached hydrogen (secondary N) is 1. The van der Waals surface area contributed by atoms with E-state index in [-0.39, 0.29) is 29.1 Å². The zero-order chi connectivity index (χ0) is 25.2. The van der Waals surface area contributed by atoms with Gasteiger partial charge in [0.15, 0.2) is 0 Å². The summed E-state index contributed by atoms with van der Waals surface area (Å²) in [6.45, 7) is 14.0. The third-order valence-corrected chi connectivity index (χ3v) is 12.2. The van der Waals surface area contributed by atoms with E-state index in [9.17, 15) is 4.79 Å². The van der Waals surface area contributed by atoms with Crippen LogP contribution in [0.25, 0.3) is 0 Å². The summed E-state index contributed by atoms with van der Waals surface area (Å²) >= 11 is 5.62. The average molecular weight is 504 g/mol. The zero-order valence-corrected chi connectivity index (χ0v) is 23.8. The normalized spacial score (nSPS) is 47.1. The van der Waals surface area contributed by atoms with Crippen molar-refractivity contribution in [1.29, 1.82) is 0 Å². The van der Waals surface area contributed by atoms with Gasteiger partial charge in [0, 0.05) is 13.3 Å². The van der Waals surface area contributed by atoms with Crippen molar-refractivity contribution in [3.63, 3.8) is 0 Å². The lowest BCUT2D eigenvalue weighted by Crippen LogP contribution is -2.71. The van der Waals surface area contributed by atoms with Crippen molar-refractivity contribution in [3.05, 3.63) is 0 Å². The summed E-state index contributed by atoms with van der Waals surface area (Å²) in [6, 6.07) is 0.